The summed E-state index contributed by atoms with van der Waals surface area (Å²) in [5.74, 6) is -0.484. The number of rotatable bonds is 3. The summed E-state index contributed by atoms with van der Waals surface area (Å²) in [6, 6.07) is 4.33. The van der Waals surface area contributed by atoms with Gasteiger partial charge in [-0.3, -0.25) is 4.98 Å². The van der Waals surface area contributed by atoms with Crippen LogP contribution in [0.5, 0.6) is 0 Å². The van der Waals surface area contributed by atoms with E-state index in [2.05, 4.69) is 10.3 Å². The monoisotopic (exact) mass is 298 g/mol. The van der Waals surface area contributed by atoms with Gasteiger partial charge in [0, 0.05) is 18.0 Å². The first kappa shape index (κ1) is 15.4. The molecule has 0 aliphatic rings. The van der Waals surface area contributed by atoms with Crippen LogP contribution in [0, 0.1) is 12.7 Å². The van der Waals surface area contributed by atoms with Gasteiger partial charge in [-0.15, -0.1) is 0 Å². The van der Waals surface area contributed by atoms with E-state index in [1.807, 2.05) is 0 Å². The standard InChI is InChI=1S/C15H14F4N2/c1-9-5-10(7-11(16)6-9)14(20-2)12-8-21-4-3-13(12)15(17,18)19/h3-8,14,20H,1-2H3. The highest BCUT2D eigenvalue weighted by Crippen LogP contribution is 2.36. The lowest BCUT2D eigenvalue weighted by molar-refractivity contribution is -0.138. The van der Waals surface area contributed by atoms with E-state index in [9.17, 15) is 17.6 Å². The second-order valence-electron chi connectivity index (χ2n) is 4.74. The highest BCUT2D eigenvalue weighted by Gasteiger charge is 2.35. The number of aryl methyl sites for hydroxylation is 1. The van der Waals surface area contributed by atoms with E-state index in [0.29, 0.717) is 11.1 Å². The lowest BCUT2D eigenvalue weighted by Gasteiger charge is -2.21. The van der Waals surface area contributed by atoms with Crippen LogP contribution in [-0.2, 0) is 6.18 Å². The molecule has 1 N–H and O–H groups in total. The summed E-state index contributed by atoms with van der Waals surface area (Å²) in [6.07, 6.45) is -2.24. The molecule has 0 bridgehead atoms. The van der Waals surface area contributed by atoms with Gasteiger partial charge in [0.25, 0.3) is 0 Å². The number of nitrogens with one attached hydrogen (secondary N) is 1. The number of alkyl halides is 3. The molecule has 1 heterocycles. The van der Waals surface area contributed by atoms with Gasteiger partial charge >= 0.3 is 6.18 Å². The maximum Gasteiger partial charge on any atom is 0.416 e. The Hall–Kier alpha value is -1.95. The third-order valence-electron chi connectivity index (χ3n) is 3.15. The lowest BCUT2D eigenvalue weighted by atomic mass is 9.95. The van der Waals surface area contributed by atoms with Crippen molar-refractivity contribution in [3.8, 4) is 0 Å². The van der Waals surface area contributed by atoms with Gasteiger partial charge in [0.15, 0.2) is 0 Å². The zero-order valence-corrected chi connectivity index (χ0v) is 11.5. The van der Waals surface area contributed by atoms with Crippen LogP contribution >= 0.6 is 0 Å². The number of nitrogens with zero attached hydrogens (tertiary/aromatic N) is 1. The van der Waals surface area contributed by atoms with Crippen LogP contribution < -0.4 is 5.32 Å². The molecule has 0 spiro atoms. The predicted octanol–water partition coefficient (Wildman–Crippen LogP) is 3.86. The van der Waals surface area contributed by atoms with Gasteiger partial charge in [-0.05, 0) is 43.3 Å². The van der Waals surface area contributed by atoms with Gasteiger partial charge in [-0.25, -0.2) is 4.39 Å². The van der Waals surface area contributed by atoms with Crippen molar-refractivity contribution in [3.05, 3.63) is 64.7 Å². The molecule has 1 atom stereocenters. The molecule has 1 aromatic carbocycles. The van der Waals surface area contributed by atoms with Crippen LogP contribution in [0.4, 0.5) is 17.6 Å². The number of aromatic nitrogens is 1. The van der Waals surface area contributed by atoms with Crippen LogP contribution in [0.2, 0.25) is 0 Å². The molecule has 0 saturated carbocycles. The molecule has 0 saturated heterocycles. The number of pyridine rings is 1. The summed E-state index contributed by atoms with van der Waals surface area (Å²) in [5, 5.41) is 2.79. The molecule has 2 aromatic rings. The largest absolute Gasteiger partial charge is 0.416 e. The van der Waals surface area contributed by atoms with Crippen molar-refractivity contribution >= 4 is 0 Å². The van der Waals surface area contributed by atoms with Crippen LogP contribution in [0.3, 0.4) is 0 Å². The summed E-state index contributed by atoms with van der Waals surface area (Å²) in [7, 11) is 1.53. The second-order valence-corrected chi connectivity index (χ2v) is 4.74. The van der Waals surface area contributed by atoms with Gasteiger partial charge < -0.3 is 5.32 Å². The van der Waals surface area contributed by atoms with Gasteiger partial charge in [-0.1, -0.05) is 6.07 Å². The van der Waals surface area contributed by atoms with E-state index in [4.69, 9.17) is 0 Å². The minimum atomic E-state index is -4.49. The van der Waals surface area contributed by atoms with Crippen LogP contribution in [0.1, 0.15) is 28.3 Å². The minimum absolute atomic E-state index is 0.0301. The first-order valence-electron chi connectivity index (χ1n) is 6.28. The summed E-state index contributed by atoms with van der Waals surface area (Å²) in [6.45, 7) is 1.69. The molecule has 0 fully saturated rings. The molecule has 112 valence electrons. The quantitative estimate of drug-likeness (QED) is 0.870. The highest BCUT2D eigenvalue weighted by atomic mass is 19.4. The molecule has 0 radical (unpaired) electrons. The topological polar surface area (TPSA) is 24.9 Å². The number of hydrogen-bond acceptors (Lipinski definition) is 2. The molecule has 1 aromatic heterocycles. The van der Waals surface area contributed by atoms with Crippen molar-refractivity contribution in [1.82, 2.24) is 10.3 Å². The van der Waals surface area contributed by atoms with E-state index in [0.717, 1.165) is 18.5 Å². The Labute approximate surface area is 119 Å². The fourth-order valence-corrected chi connectivity index (χ4v) is 2.33. The molecule has 2 rings (SSSR count). The van der Waals surface area contributed by atoms with Crippen molar-refractivity contribution in [2.45, 2.75) is 19.1 Å². The molecule has 6 heteroatoms. The Balaban J connectivity index is 2.57. The van der Waals surface area contributed by atoms with Crippen molar-refractivity contribution in [2.75, 3.05) is 7.05 Å². The van der Waals surface area contributed by atoms with Crippen molar-refractivity contribution in [1.29, 1.82) is 0 Å². The molecule has 21 heavy (non-hydrogen) atoms. The fourth-order valence-electron chi connectivity index (χ4n) is 2.33. The molecule has 0 amide bonds. The minimum Gasteiger partial charge on any atom is -0.309 e. The maximum absolute atomic E-state index is 13.5. The van der Waals surface area contributed by atoms with Crippen molar-refractivity contribution < 1.29 is 17.6 Å². The molecule has 2 nitrogen and oxygen atoms in total. The maximum atomic E-state index is 13.5. The molecular weight excluding hydrogens is 284 g/mol. The summed E-state index contributed by atoms with van der Waals surface area (Å²) >= 11 is 0. The summed E-state index contributed by atoms with van der Waals surface area (Å²) < 4.78 is 52.8. The van der Waals surface area contributed by atoms with Crippen LogP contribution in [0.25, 0.3) is 0 Å². The normalized spacial score (nSPS) is 13.2. The number of benzene rings is 1. The first-order chi connectivity index (χ1) is 9.82. The van der Waals surface area contributed by atoms with Crippen molar-refractivity contribution in [3.63, 3.8) is 0 Å². The molecular formula is C15H14F4N2. The second kappa shape index (κ2) is 5.81. The van der Waals surface area contributed by atoms with E-state index < -0.39 is 23.6 Å². The van der Waals surface area contributed by atoms with Crippen LogP contribution in [0.15, 0.2) is 36.7 Å². The van der Waals surface area contributed by atoms with Crippen LogP contribution in [-0.4, -0.2) is 12.0 Å². The Morgan fingerprint density at radius 3 is 2.48 bits per heavy atom. The van der Waals surface area contributed by atoms with Gasteiger partial charge in [0.1, 0.15) is 5.82 Å². The van der Waals surface area contributed by atoms with Gasteiger partial charge in [-0.2, -0.15) is 13.2 Å². The van der Waals surface area contributed by atoms with Gasteiger partial charge in [0.05, 0.1) is 11.6 Å². The van der Waals surface area contributed by atoms with Crippen molar-refractivity contribution in [2.24, 2.45) is 0 Å². The Bertz CT molecular complexity index is 618. The van der Waals surface area contributed by atoms with E-state index in [1.165, 1.54) is 19.2 Å². The zero-order chi connectivity index (χ0) is 15.6. The lowest BCUT2D eigenvalue weighted by Crippen LogP contribution is -2.22. The third kappa shape index (κ3) is 3.39. The highest BCUT2D eigenvalue weighted by molar-refractivity contribution is 5.38. The Morgan fingerprint density at radius 1 is 1.19 bits per heavy atom. The zero-order valence-electron chi connectivity index (χ0n) is 11.5. The van der Waals surface area contributed by atoms with E-state index in [1.54, 1.807) is 13.0 Å². The fraction of sp³-hybridized carbons (Fsp3) is 0.267. The first-order valence-corrected chi connectivity index (χ1v) is 6.28. The summed E-state index contributed by atoms with van der Waals surface area (Å²) in [5.41, 5.74) is 0.257. The predicted molar refractivity (Wildman–Crippen MR) is 71.3 cm³/mol. The SMILES string of the molecule is CNC(c1cc(C)cc(F)c1)c1cnccc1C(F)(F)F. The molecule has 1 unspecified atom stereocenters. The molecule has 0 aliphatic carbocycles. The number of hydrogen-bond donors (Lipinski definition) is 1. The van der Waals surface area contributed by atoms with E-state index >= 15 is 0 Å². The number of halogens is 4. The Morgan fingerprint density at radius 2 is 1.90 bits per heavy atom. The third-order valence-corrected chi connectivity index (χ3v) is 3.15. The average molecular weight is 298 g/mol. The Kier molecular flexibility index (Phi) is 4.27. The van der Waals surface area contributed by atoms with Gasteiger partial charge in [0.2, 0.25) is 0 Å². The summed E-state index contributed by atoms with van der Waals surface area (Å²) in [4.78, 5) is 3.76. The average Bonchev–Trinajstić information content (AvgIpc) is 2.38. The smallest absolute Gasteiger partial charge is 0.309 e. The molecule has 0 aliphatic heterocycles. The van der Waals surface area contributed by atoms with E-state index in [-0.39, 0.29) is 5.56 Å².